The predicted molar refractivity (Wildman–Crippen MR) is 98.0 cm³/mol. The minimum Gasteiger partial charge on any atom is -0.456 e. The van der Waals surface area contributed by atoms with Crippen LogP contribution in [0.25, 0.3) is 0 Å². The maximum atomic E-state index is 12.9. The average Bonchev–Trinajstić information content (AvgIpc) is 3.17. The smallest absolute Gasteiger partial charge is 0.307 e. The van der Waals surface area contributed by atoms with Gasteiger partial charge in [-0.3, -0.25) is 9.59 Å². The molecule has 146 valence electrons. The molecule has 0 saturated heterocycles. The van der Waals surface area contributed by atoms with Gasteiger partial charge in [0.15, 0.2) is 6.61 Å². The number of ether oxygens (including phenoxy) is 1. The van der Waals surface area contributed by atoms with Crippen LogP contribution in [0, 0.1) is 5.82 Å². The summed E-state index contributed by atoms with van der Waals surface area (Å²) in [7, 11) is -2.10. The van der Waals surface area contributed by atoms with E-state index in [0.717, 1.165) is 16.9 Å². The van der Waals surface area contributed by atoms with E-state index in [2.05, 4.69) is 4.72 Å². The molecule has 0 spiro atoms. The molecule has 0 aliphatic heterocycles. The van der Waals surface area contributed by atoms with Crippen molar-refractivity contribution in [3.63, 3.8) is 0 Å². The molecule has 0 radical (unpaired) electrons. The number of thiophene rings is 1. The molecule has 0 bridgehead atoms. The molecular formula is C17H19FN2O5S2. The number of carbonyl (C=O) groups is 2. The third-order valence-corrected chi connectivity index (χ3v) is 6.36. The lowest BCUT2D eigenvalue weighted by molar-refractivity contribution is -0.151. The quantitative estimate of drug-likeness (QED) is 0.631. The number of esters is 1. The van der Waals surface area contributed by atoms with Gasteiger partial charge < -0.3 is 9.64 Å². The molecule has 1 heterocycles. The van der Waals surface area contributed by atoms with E-state index in [0.29, 0.717) is 0 Å². The summed E-state index contributed by atoms with van der Waals surface area (Å²) >= 11 is 1.07. The van der Waals surface area contributed by atoms with Gasteiger partial charge in [0, 0.05) is 20.1 Å². The Morgan fingerprint density at radius 2 is 1.93 bits per heavy atom. The molecule has 0 atom stereocenters. The van der Waals surface area contributed by atoms with Gasteiger partial charge in [0.25, 0.3) is 5.91 Å². The van der Waals surface area contributed by atoms with Crippen molar-refractivity contribution in [1.29, 1.82) is 0 Å². The van der Waals surface area contributed by atoms with E-state index in [1.165, 1.54) is 30.1 Å². The zero-order valence-electron chi connectivity index (χ0n) is 14.6. The van der Waals surface area contributed by atoms with Crippen LogP contribution in [0.4, 0.5) is 4.39 Å². The second-order valence-corrected chi connectivity index (χ2v) is 8.56. The lowest BCUT2D eigenvalue weighted by atomic mass is 10.2. The van der Waals surface area contributed by atoms with Crippen molar-refractivity contribution in [3.05, 3.63) is 53.2 Å². The van der Waals surface area contributed by atoms with E-state index in [1.54, 1.807) is 23.6 Å². The highest BCUT2D eigenvalue weighted by Gasteiger charge is 2.16. The van der Waals surface area contributed by atoms with E-state index in [1.807, 2.05) is 0 Å². The number of benzene rings is 1. The third-order valence-electron chi connectivity index (χ3n) is 3.50. The Hall–Kier alpha value is -2.30. The largest absolute Gasteiger partial charge is 0.456 e. The van der Waals surface area contributed by atoms with Crippen LogP contribution < -0.4 is 4.72 Å². The molecular weight excluding hydrogens is 395 g/mol. The molecule has 1 aromatic carbocycles. The van der Waals surface area contributed by atoms with Gasteiger partial charge in [-0.25, -0.2) is 17.5 Å². The Labute approximate surface area is 160 Å². The molecule has 2 aromatic rings. The van der Waals surface area contributed by atoms with Crippen LogP contribution in [0.1, 0.15) is 12.0 Å². The van der Waals surface area contributed by atoms with Gasteiger partial charge in [0.05, 0.1) is 6.42 Å². The number of carbonyl (C=O) groups excluding carboxylic acids is 2. The number of rotatable bonds is 9. The topological polar surface area (TPSA) is 92.8 Å². The van der Waals surface area contributed by atoms with Crippen LogP contribution in [0.3, 0.4) is 0 Å². The fourth-order valence-electron chi connectivity index (χ4n) is 2.05. The number of nitrogens with zero attached hydrogens (tertiary/aromatic N) is 1. The third kappa shape index (κ3) is 6.74. The fraction of sp³-hybridized carbons (Fsp3) is 0.294. The van der Waals surface area contributed by atoms with E-state index in [-0.39, 0.29) is 29.5 Å². The van der Waals surface area contributed by atoms with Gasteiger partial charge in [-0.05, 0) is 29.1 Å². The lowest BCUT2D eigenvalue weighted by Gasteiger charge is -2.17. The zero-order valence-corrected chi connectivity index (χ0v) is 16.2. The minimum absolute atomic E-state index is 0.126. The van der Waals surface area contributed by atoms with Crippen molar-refractivity contribution in [2.45, 2.75) is 17.2 Å². The van der Waals surface area contributed by atoms with Crippen LogP contribution in [0.2, 0.25) is 0 Å². The molecule has 0 aliphatic carbocycles. The Morgan fingerprint density at radius 3 is 2.56 bits per heavy atom. The highest BCUT2D eigenvalue weighted by molar-refractivity contribution is 7.91. The molecule has 2 rings (SSSR count). The predicted octanol–water partition coefficient (Wildman–Crippen LogP) is 1.76. The standard InChI is InChI=1S/C17H19FN2O5S2/c1-20(11-13-4-6-14(18)7-5-13)15(21)12-25-16(22)8-9-19-27(23,24)17-3-2-10-26-17/h2-7,10,19H,8-9,11-12H2,1H3. The fourth-order valence-corrected chi connectivity index (χ4v) is 4.12. The first-order valence-corrected chi connectivity index (χ1v) is 10.3. The number of halogens is 1. The molecule has 0 saturated carbocycles. The summed E-state index contributed by atoms with van der Waals surface area (Å²) in [6.07, 6.45) is -0.195. The first kappa shape index (κ1) is 21.0. The van der Waals surface area contributed by atoms with Crippen molar-refractivity contribution >= 4 is 33.2 Å². The van der Waals surface area contributed by atoms with Crippen molar-refractivity contribution in [1.82, 2.24) is 9.62 Å². The summed E-state index contributed by atoms with van der Waals surface area (Å²) in [6, 6.07) is 8.79. The summed E-state index contributed by atoms with van der Waals surface area (Å²) in [5, 5.41) is 1.64. The van der Waals surface area contributed by atoms with E-state index < -0.39 is 28.5 Å². The molecule has 27 heavy (non-hydrogen) atoms. The van der Waals surface area contributed by atoms with E-state index >= 15 is 0 Å². The Bertz CT molecular complexity index is 867. The molecule has 10 heteroatoms. The molecule has 0 aliphatic rings. The van der Waals surface area contributed by atoms with Gasteiger partial charge in [-0.15, -0.1) is 11.3 Å². The van der Waals surface area contributed by atoms with Gasteiger partial charge in [0.1, 0.15) is 10.0 Å². The molecule has 0 fully saturated rings. The lowest BCUT2D eigenvalue weighted by Crippen LogP contribution is -2.31. The van der Waals surface area contributed by atoms with Crippen molar-refractivity contribution in [3.8, 4) is 0 Å². The van der Waals surface area contributed by atoms with Crippen LogP contribution in [-0.2, 0) is 30.9 Å². The van der Waals surface area contributed by atoms with Gasteiger partial charge >= 0.3 is 5.97 Å². The molecule has 7 nitrogen and oxygen atoms in total. The number of amides is 1. The van der Waals surface area contributed by atoms with E-state index in [9.17, 15) is 22.4 Å². The van der Waals surface area contributed by atoms with Crippen molar-refractivity contribution < 1.29 is 27.1 Å². The Kier molecular flexibility index (Phi) is 7.45. The van der Waals surface area contributed by atoms with Gasteiger partial charge in [-0.1, -0.05) is 18.2 Å². The summed E-state index contributed by atoms with van der Waals surface area (Å²) in [4.78, 5) is 25.0. The van der Waals surface area contributed by atoms with Crippen molar-refractivity contribution in [2.24, 2.45) is 0 Å². The van der Waals surface area contributed by atoms with Gasteiger partial charge in [0.2, 0.25) is 10.0 Å². The van der Waals surface area contributed by atoms with Crippen LogP contribution in [0.5, 0.6) is 0 Å². The van der Waals surface area contributed by atoms with Crippen LogP contribution in [-0.4, -0.2) is 45.4 Å². The zero-order chi connectivity index (χ0) is 19.9. The summed E-state index contributed by atoms with van der Waals surface area (Å²) in [5.74, 6) is -1.48. The maximum Gasteiger partial charge on any atom is 0.307 e. The average molecular weight is 414 g/mol. The monoisotopic (exact) mass is 414 g/mol. The normalized spacial score (nSPS) is 11.2. The Balaban J connectivity index is 1.70. The number of hydrogen-bond acceptors (Lipinski definition) is 6. The number of nitrogens with one attached hydrogen (secondary N) is 1. The Morgan fingerprint density at radius 1 is 1.22 bits per heavy atom. The minimum atomic E-state index is -3.64. The second kappa shape index (κ2) is 9.58. The number of likely N-dealkylation sites (N-methyl/N-ethyl adjacent to an activating group) is 1. The maximum absolute atomic E-state index is 12.9. The summed E-state index contributed by atoms with van der Waals surface area (Å²) < 4.78 is 44.0. The SMILES string of the molecule is CN(Cc1ccc(F)cc1)C(=O)COC(=O)CCNS(=O)(=O)c1cccs1. The first-order valence-electron chi connectivity index (χ1n) is 7.95. The van der Waals surface area contributed by atoms with Crippen LogP contribution >= 0.6 is 11.3 Å². The highest BCUT2D eigenvalue weighted by atomic mass is 32.2. The second-order valence-electron chi connectivity index (χ2n) is 5.62. The summed E-state index contributed by atoms with van der Waals surface area (Å²) in [5.41, 5.74) is 0.738. The molecule has 0 unspecified atom stereocenters. The van der Waals surface area contributed by atoms with Gasteiger partial charge in [-0.2, -0.15) is 0 Å². The first-order chi connectivity index (χ1) is 12.8. The van der Waals surface area contributed by atoms with Crippen molar-refractivity contribution in [2.75, 3.05) is 20.2 Å². The van der Waals surface area contributed by atoms with Crippen LogP contribution in [0.15, 0.2) is 46.0 Å². The molecule has 1 aromatic heterocycles. The number of sulfonamides is 1. The molecule has 1 N–H and O–H groups in total. The molecule has 1 amide bonds. The van der Waals surface area contributed by atoms with E-state index in [4.69, 9.17) is 4.74 Å². The number of hydrogen-bond donors (Lipinski definition) is 1. The highest BCUT2D eigenvalue weighted by Crippen LogP contribution is 2.15. The summed E-state index contributed by atoms with van der Waals surface area (Å²) in [6.45, 7) is -0.329.